The Morgan fingerprint density at radius 1 is 1.10 bits per heavy atom. The lowest BCUT2D eigenvalue weighted by molar-refractivity contribution is 0.102. The Balaban J connectivity index is 2.33. The number of aryl methyl sites for hydroxylation is 1. The number of halogens is 4. The standard InChI is InChI=1S/C14H9BrF3NO/c1-7-2-3-8(15)6-9(7)14(20)19-11-5-4-10(16)12(17)13(11)18/h2-6H,1H3,(H,19,20). The van der Waals surface area contributed by atoms with E-state index < -0.39 is 29.0 Å². The lowest BCUT2D eigenvalue weighted by Gasteiger charge is -2.09. The third-order valence-corrected chi connectivity index (χ3v) is 3.22. The maximum Gasteiger partial charge on any atom is 0.256 e. The lowest BCUT2D eigenvalue weighted by atomic mass is 10.1. The van der Waals surface area contributed by atoms with E-state index in [0.29, 0.717) is 15.6 Å². The number of anilines is 1. The first kappa shape index (κ1) is 14.6. The largest absolute Gasteiger partial charge is 0.319 e. The highest BCUT2D eigenvalue weighted by Crippen LogP contribution is 2.22. The monoisotopic (exact) mass is 343 g/mol. The molecule has 0 atom stereocenters. The van der Waals surface area contributed by atoms with Gasteiger partial charge in [0.05, 0.1) is 5.69 Å². The summed E-state index contributed by atoms with van der Waals surface area (Å²) in [7, 11) is 0. The smallest absolute Gasteiger partial charge is 0.256 e. The first-order chi connectivity index (χ1) is 9.40. The molecule has 0 heterocycles. The van der Waals surface area contributed by atoms with Crippen molar-refractivity contribution < 1.29 is 18.0 Å². The highest BCUT2D eigenvalue weighted by Gasteiger charge is 2.17. The number of benzene rings is 2. The van der Waals surface area contributed by atoms with Crippen LogP contribution in [0, 0.1) is 24.4 Å². The van der Waals surface area contributed by atoms with E-state index in [-0.39, 0.29) is 0 Å². The molecule has 0 spiro atoms. The van der Waals surface area contributed by atoms with Crippen LogP contribution >= 0.6 is 15.9 Å². The van der Waals surface area contributed by atoms with E-state index in [4.69, 9.17) is 0 Å². The van der Waals surface area contributed by atoms with Crippen LogP contribution in [0.25, 0.3) is 0 Å². The zero-order valence-corrected chi connectivity index (χ0v) is 11.9. The average Bonchev–Trinajstić information content (AvgIpc) is 2.42. The predicted octanol–water partition coefficient (Wildman–Crippen LogP) is 4.43. The summed E-state index contributed by atoms with van der Waals surface area (Å²) in [6.45, 7) is 1.71. The van der Waals surface area contributed by atoms with Gasteiger partial charge in [-0.2, -0.15) is 0 Å². The van der Waals surface area contributed by atoms with Crippen molar-refractivity contribution >= 4 is 27.5 Å². The van der Waals surface area contributed by atoms with E-state index >= 15 is 0 Å². The second kappa shape index (κ2) is 5.66. The molecule has 2 aromatic carbocycles. The van der Waals surface area contributed by atoms with E-state index in [1.807, 2.05) is 0 Å². The topological polar surface area (TPSA) is 29.1 Å². The fourth-order valence-electron chi connectivity index (χ4n) is 1.65. The van der Waals surface area contributed by atoms with Gasteiger partial charge in [0.1, 0.15) is 0 Å². The minimum absolute atomic E-state index is 0.309. The Hall–Kier alpha value is -1.82. The molecule has 0 saturated heterocycles. The summed E-state index contributed by atoms with van der Waals surface area (Å²) in [5.74, 6) is -4.95. The second-order valence-electron chi connectivity index (χ2n) is 4.14. The Morgan fingerprint density at radius 2 is 1.80 bits per heavy atom. The predicted molar refractivity (Wildman–Crippen MR) is 73.1 cm³/mol. The normalized spacial score (nSPS) is 10.4. The van der Waals surface area contributed by atoms with Gasteiger partial charge >= 0.3 is 0 Å². The van der Waals surface area contributed by atoms with Crippen molar-refractivity contribution in [2.24, 2.45) is 0 Å². The first-order valence-corrected chi connectivity index (χ1v) is 6.40. The third-order valence-electron chi connectivity index (χ3n) is 2.73. The summed E-state index contributed by atoms with van der Waals surface area (Å²) in [6.07, 6.45) is 0. The Labute approximate surface area is 121 Å². The van der Waals surface area contributed by atoms with Gasteiger partial charge in [0.2, 0.25) is 0 Å². The molecule has 0 fully saturated rings. The van der Waals surface area contributed by atoms with Crippen molar-refractivity contribution in [3.63, 3.8) is 0 Å². The van der Waals surface area contributed by atoms with E-state index in [0.717, 1.165) is 12.1 Å². The number of hydrogen-bond donors (Lipinski definition) is 1. The van der Waals surface area contributed by atoms with Crippen LogP contribution in [-0.4, -0.2) is 5.91 Å². The molecule has 104 valence electrons. The highest BCUT2D eigenvalue weighted by atomic mass is 79.9. The average molecular weight is 344 g/mol. The molecule has 6 heteroatoms. The highest BCUT2D eigenvalue weighted by molar-refractivity contribution is 9.10. The summed E-state index contributed by atoms with van der Waals surface area (Å²) in [5.41, 5.74) is 0.575. The molecule has 1 amide bonds. The zero-order valence-electron chi connectivity index (χ0n) is 10.3. The first-order valence-electron chi connectivity index (χ1n) is 5.61. The van der Waals surface area contributed by atoms with Gasteiger partial charge in [-0.15, -0.1) is 0 Å². The van der Waals surface area contributed by atoms with Crippen molar-refractivity contribution in [2.75, 3.05) is 5.32 Å². The zero-order chi connectivity index (χ0) is 14.9. The summed E-state index contributed by atoms with van der Waals surface area (Å²) in [5, 5.41) is 2.22. The third kappa shape index (κ3) is 2.85. The molecule has 1 N–H and O–H groups in total. The van der Waals surface area contributed by atoms with Crippen molar-refractivity contribution in [2.45, 2.75) is 6.92 Å². The van der Waals surface area contributed by atoms with Crippen LogP contribution in [-0.2, 0) is 0 Å². The number of carbonyl (C=O) groups excluding carboxylic acids is 1. The molecule has 0 radical (unpaired) electrons. The van der Waals surface area contributed by atoms with Gasteiger partial charge in [-0.3, -0.25) is 4.79 Å². The SMILES string of the molecule is Cc1ccc(Br)cc1C(=O)Nc1ccc(F)c(F)c1F. The van der Waals surface area contributed by atoms with Crippen molar-refractivity contribution in [1.82, 2.24) is 0 Å². The number of carbonyl (C=O) groups is 1. The number of hydrogen-bond acceptors (Lipinski definition) is 1. The summed E-state index contributed by atoms with van der Waals surface area (Å²) in [6, 6.07) is 6.74. The van der Waals surface area contributed by atoms with E-state index in [9.17, 15) is 18.0 Å². The van der Waals surface area contributed by atoms with Crippen molar-refractivity contribution in [3.05, 3.63) is 63.4 Å². The summed E-state index contributed by atoms with van der Waals surface area (Å²) < 4.78 is 40.0. The molecule has 20 heavy (non-hydrogen) atoms. The Bertz CT molecular complexity index is 688. The number of nitrogens with one attached hydrogen (secondary N) is 1. The van der Waals surface area contributed by atoms with E-state index in [1.54, 1.807) is 25.1 Å². The summed E-state index contributed by atoms with van der Waals surface area (Å²) >= 11 is 3.22. The lowest BCUT2D eigenvalue weighted by Crippen LogP contribution is -2.15. The minimum atomic E-state index is -1.62. The van der Waals surface area contributed by atoms with Gasteiger partial charge < -0.3 is 5.32 Å². The van der Waals surface area contributed by atoms with Crippen LogP contribution in [0.5, 0.6) is 0 Å². The van der Waals surface area contributed by atoms with Crippen molar-refractivity contribution in [1.29, 1.82) is 0 Å². The van der Waals surface area contributed by atoms with Gasteiger partial charge in [0.15, 0.2) is 17.5 Å². The number of rotatable bonds is 2. The molecule has 0 unspecified atom stereocenters. The Morgan fingerprint density at radius 3 is 2.50 bits per heavy atom. The molecule has 0 aliphatic carbocycles. The van der Waals surface area contributed by atoms with Gasteiger partial charge in [0, 0.05) is 10.0 Å². The van der Waals surface area contributed by atoms with Crippen LogP contribution in [0.1, 0.15) is 15.9 Å². The van der Waals surface area contributed by atoms with Gasteiger partial charge in [0.25, 0.3) is 5.91 Å². The van der Waals surface area contributed by atoms with Crippen molar-refractivity contribution in [3.8, 4) is 0 Å². The second-order valence-corrected chi connectivity index (χ2v) is 5.05. The van der Waals surface area contributed by atoms with Crippen LogP contribution in [0.2, 0.25) is 0 Å². The quantitative estimate of drug-likeness (QED) is 0.803. The number of amides is 1. The van der Waals surface area contributed by atoms with Crippen LogP contribution in [0.15, 0.2) is 34.8 Å². The molecule has 2 rings (SSSR count). The molecule has 0 aliphatic heterocycles. The molecular weight excluding hydrogens is 335 g/mol. The van der Waals surface area contributed by atoms with Gasteiger partial charge in [-0.25, -0.2) is 13.2 Å². The summed E-state index contributed by atoms with van der Waals surface area (Å²) in [4.78, 5) is 12.0. The maximum atomic E-state index is 13.5. The Kier molecular flexibility index (Phi) is 4.13. The molecule has 2 nitrogen and oxygen atoms in total. The fraction of sp³-hybridized carbons (Fsp3) is 0.0714. The molecule has 0 aromatic heterocycles. The van der Waals surface area contributed by atoms with E-state index in [2.05, 4.69) is 21.2 Å². The molecule has 0 aliphatic rings. The van der Waals surface area contributed by atoms with Gasteiger partial charge in [-0.1, -0.05) is 22.0 Å². The molecule has 2 aromatic rings. The molecule has 0 bridgehead atoms. The fourth-order valence-corrected chi connectivity index (χ4v) is 2.01. The van der Waals surface area contributed by atoms with Crippen LogP contribution < -0.4 is 5.32 Å². The molecular formula is C14H9BrF3NO. The van der Waals surface area contributed by atoms with E-state index in [1.165, 1.54) is 0 Å². The van der Waals surface area contributed by atoms with Crippen LogP contribution in [0.4, 0.5) is 18.9 Å². The van der Waals surface area contributed by atoms with Gasteiger partial charge in [-0.05, 0) is 36.8 Å². The minimum Gasteiger partial charge on any atom is -0.319 e. The van der Waals surface area contributed by atoms with Crippen LogP contribution in [0.3, 0.4) is 0 Å². The molecule has 0 saturated carbocycles. The maximum absolute atomic E-state index is 13.5.